The van der Waals surface area contributed by atoms with E-state index in [1.54, 1.807) is 0 Å². The molecule has 0 bridgehead atoms. The number of aryl methyl sites for hydroxylation is 2. The molecule has 6 heteroatoms. The average Bonchev–Trinajstić information content (AvgIpc) is 3.18. The van der Waals surface area contributed by atoms with Crippen LogP contribution in [-0.4, -0.2) is 21.8 Å². The molecule has 1 N–H and O–H groups in total. The van der Waals surface area contributed by atoms with Crippen molar-refractivity contribution in [3.05, 3.63) is 65.0 Å². The predicted molar refractivity (Wildman–Crippen MR) is 119 cm³/mol. The number of aromatic nitrogens is 2. The van der Waals surface area contributed by atoms with Gasteiger partial charge in [-0.3, -0.25) is 4.79 Å². The van der Waals surface area contributed by atoms with Gasteiger partial charge >= 0.3 is 0 Å². The van der Waals surface area contributed by atoms with Gasteiger partial charge in [0.05, 0.1) is 11.5 Å². The van der Waals surface area contributed by atoms with Crippen molar-refractivity contribution in [1.29, 1.82) is 0 Å². The number of rotatable bonds is 8. The predicted octanol–water partition coefficient (Wildman–Crippen LogP) is 5.60. The molecule has 0 fully saturated rings. The summed E-state index contributed by atoms with van der Waals surface area (Å²) in [7, 11) is 0. The Morgan fingerprint density at radius 1 is 1.17 bits per heavy atom. The minimum Gasteiger partial charge on any atom is -0.338 e. The monoisotopic (exact) mass is 409 g/mol. The number of carbonyl (C=O) groups is 1. The van der Waals surface area contributed by atoms with Crippen LogP contribution < -0.4 is 5.32 Å². The third-order valence-corrected chi connectivity index (χ3v) is 5.66. The first-order chi connectivity index (χ1) is 14.0. The Morgan fingerprint density at radius 2 is 1.93 bits per heavy atom. The minimum absolute atomic E-state index is 0.0268. The number of hydrogen-bond donors (Lipinski definition) is 1. The number of benzene rings is 2. The van der Waals surface area contributed by atoms with Crippen LogP contribution in [0.4, 0.5) is 5.69 Å². The molecule has 0 aliphatic rings. The zero-order valence-electron chi connectivity index (χ0n) is 17.4. The summed E-state index contributed by atoms with van der Waals surface area (Å²) in [6.07, 6.45) is 0.998. The summed E-state index contributed by atoms with van der Waals surface area (Å²) in [6, 6.07) is 14.3. The minimum atomic E-state index is -0.0268. The van der Waals surface area contributed by atoms with Gasteiger partial charge in [0, 0.05) is 11.3 Å². The molecule has 0 atom stereocenters. The van der Waals surface area contributed by atoms with Crippen molar-refractivity contribution in [3.63, 3.8) is 0 Å². The van der Waals surface area contributed by atoms with Gasteiger partial charge < -0.3 is 9.84 Å². The number of amides is 1. The molecule has 5 nitrogen and oxygen atoms in total. The van der Waals surface area contributed by atoms with Crippen molar-refractivity contribution in [2.45, 2.75) is 45.8 Å². The Bertz CT molecular complexity index is 965. The highest BCUT2D eigenvalue weighted by Gasteiger charge is 2.13. The summed E-state index contributed by atoms with van der Waals surface area (Å²) in [4.78, 5) is 16.9. The van der Waals surface area contributed by atoms with Crippen LogP contribution in [0, 0.1) is 6.92 Å². The molecule has 0 aliphatic heterocycles. The molecule has 1 aromatic heterocycles. The van der Waals surface area contributed by atoms with Crippen LogP contribution in [-0.2, 0) is 17.0 Å². The van der Waals surface area contributed by atoms with Crippen LogP contribution in [0.3, 0.4) is 0 Å². The quantitative estimate of drug-likeness (QED) is 0.524. The summed E-state index contributed by atoms with van der Waals surface area (Å²) in [5.41, 5.74) is 5.35. The number of nitrogens with one attached hydrogen (secondary N) is 1. The molecule has 1 heterocycles. The number of hydrogen-bond acceptors (Lipinski definition) is 5. The van der Waals surface area contributed by atoms with Gasteiger partial charge in [0.2, 0.25) is 17.6 Å². The lowest BCUT2D eigenvalue weighted by Crippen LogP contribution is -2.16. The van der Waals surface area contributed by atoms with Crippen LogP contribution in [0.15, 0.2) is 47.0 Å². The van der Waals surface area contributed by atoms with Gasteiger partial charge in [0.15, 0.2) is 0 Å². The Morgan fingerprint density at radius 3 is 2.62 bits per heavy atom. The smallest absolute Gasteiger partial charge is 0.236 e. The van der Waals surface area contributed by atoms with E-state index in [4.69, 9.17) is 4.52 Å². The summed E-state index contributed by atoms with van der Waals surface area (Å²) >= 11 is 1.46. The summed E-state index contributed by atoms with van der Waals surface area (Å²) in [5, 5.41) is 7.11. The van der Waals surface area contributed by atoms with Gasteiger partial charge in [-0.25, -0.2) is 0 Å². The topological polar surface area (TPSA) is 68.0 Å². The highest BCUT2D eigenvalue weighted by Crippen LogP contribution is 2.27. The maximum Gasteiger partial charge on any atom is 0.236 e. The van der Waals surface area contributed by atoms with E-state index in [9.17, 15) is 4.79 Å². The average molecular weight is 410 g/mol. The van der Waals surface area contributed by atoms with Crippen molar-refractivity contribution >= 4 is 23.4 Å². The fourth-order valence-electron chi connectivity index (χ4n) is 3.07. The lowest BCUT2D eigenvalue weighted by Gasteiger charge is -2.16. The number of para-hydroxylation sites is 1. The Balaban J connectivity index is 1.54. The first kappa shape index (κ1) is 21.1. The fourth-order valence-corrected chi connectivity index (χ4v) is 3.72. The second-order valence-corrected chi connectivity index (χ2v) is 8.28. The van der Waals surface area contributed by atoms with E-state index >= 15 is 0 Å². The van der Waals surface area contributed by atoms with Crippen molar-refractivity contribution in [2.24, 2.45) is 0 Å². The van der Waals surface area contributed by atoms with Gasteiger partial charge in [0.1, 0.15) is 0 Å². The van der Waals surface area contributed by atoms with Crippen LogP contribution in [0.5, 0.6) is 0 Å². The third-order valence-electron chi connectivity index (χ3n) is 4.74. The maximum absolute atomic E-state index is 12.4. The molecule has 3 rings (SSSR count). The van der Waals surface area contributed by atoms with E-state index in [0.29, 0.717) is 29.1 Å². The van der Waals surface area contributed by atoms with Crippen LogP contribution in [0.25, 0.3) is 11.4 Å². The number of anilines is 1. The van der Waals surface area contributed by atoms with Gasteiger partial charge in [-0.05, 0) is 36.0 Å². The fraction of sp³-hybridized carbons (Fsp3) is 0.348. The maximum atomic E-state index is 12.4. The molecule has 0 radical (unpaired) electrons. The van der Waals surface area contributed by atoms with E-state index in [1.807, 2.05) is 31.2 Å². The summed E-state index contributed by atoms with van der Waals surface area (Å²) < 4.78 is 5.33. The van der Waals surface area contributed by atoms with Crippen molar-refractivity contribution in [3.8, 4) is 11.4 Å². The molecule has 2 aromatic carbocycles. The summed E-state index contributed by atoms with van der Waals surface area (Å²) in [6.45, 7) is 8.39. The number of carbonyl (C=O) groups excluding carboxylic acids is 1. The second kappa shape index (κ2) is 9.74. The Kier molecular flexibility index (Phi) is 7.09. The van der Waals surface area contributed by atoms with Crippen molar-refractivity contribution in [2.75, 3.05) is 11.1 Å². The van der Waals surface area contributed by atoms with Crippen LogP contribution in [0.2, 0.25) is 0 Å². The van der Waals surface area contributed by atoms with E-state index in [1.165, 1.54) is 17.3 Å². The largest absolute Gasteiger partial charge is 0.338 e. The Hall–Kier alpha value is -2.60. The molecule has 3 aromatic rings. The zero-order valence-corrected chi connectivity index (χ0v) is 18.2. The van der Waals surface area contributed by atoms with Crippen LogP contribution in [0.1, 0.15) is 49.3 Å². The number of nitrogens with zero attached hydrogens (tertiary/aromatic N) is 2. The third kappa shape index (κ3) is 5.48. The van der Waals surface area contributed by atoms with Gasteiger partial charge in [-0.1, -0.05) is 68.4 Å². The zero-order chi connectivity index (χ0) is 20.8. The highest BCUT2D eigenvalue weighted by molar-refractivity contribution is 7.99. The molecular weight excluding hydrogens is 382 g/mol. The molecule has 1 amide bonds. The van der Waals surface area contributed by atoms with E-state index in [0.717, 1.165) is 28.8 Å². The molecule has 0 saturated carbocycles. The normalized spacial score (nSPS) is 11.1. The SMILES string of the molecule is CCc1ccc(-c2noc(CSCC(=O)Nc3c(C)cccc3C(C)C)n2)cc1. The number of thioether (sulfide) groups is 1. The standard InChI is InChI=1S/C23H27N3O2S/c1-5-17-9-11-18(12-10-17)23-25-21(28-26-23)14-29-13-20(27)24-22-16(4)7-6-8-19(22)15(2)3/h6-12,15H,5,13-14H2,1-4H3,(H,24,27). The highest BCUT2D eigenvalue weighted by atomic mass is 32.2. The van der Waals surface area contributed by atoms with E-state index in [2.05, 4.69) is 54.4 Å². The van der Waals surface area contributed by atoms with Crippen LogP contribution >= 0.6 is 11.8 Å². The molecule has 29 heavy (non-hydrogen) atoms. The van der Waals surface area contributed by atoms with Gasteiger partial charge in [0.25, 0.3) is 0 Å². The molecule has 0 spiro atoms. The molecule has 0 unspecified atom stereocenters. The van der Waals surface area contributed by atoms with Gasteiger partial charge in [-0.15, -0.1) is 11.8 Å². The second-order valence-electron chi connectivity index (χ2n) is 7.30. The van der Waals surface area contributed by atoms with E-state index in [-0.39, 0.29) is 5.91 Å². The Labute approximate surface area is 176 Å². The first-order valence-electron chi connectivity index (χ1n) is 9.87. The first-order valence-corrected chi connectivity index (χ1v) is 11.0. The van der Waals surface area contributed by atoms with E-state index < -0.39 is 0 Å². The van der Waals surface area contributed by atoms with Crippen molar-refractivity contribution in [1.82, 2.24) is 10.1 Å². The van der Waals surface area contributed by atoms with Gasteiger partial charge in [-0.2, -0.15) is 4.98 Å². The molecule has 152 valence electrons. The summed E-state index contributed by atoms with van der Waals surface area (Å²) in [5.74, 6) is 2.25. The molecule has 0 saturated heterocycles. The lowest BCUT2D eigenvalue weighted by atomic mass is 9.98. The lowest BCUT2D eigenvalue weighted by molar-refractivity contribution is -0.113. The molecule has 0 aliphatic carbocycles. The molecular formula is C23H27N3O2S. The van der Waals surface area contributed by atoms with Crippen molar-refractivity contribution < 1.29 is 9.32 Å².